The topological polar surface area (TPSA) is 35.5 Å². The van der Waals surface area contributed by atoms with Crippen molar-refractivity contribution in [1.82, 2.24) is 0 Å². The predicted octanol–water partition coefficient (Wildman–Crippen LogP) is 2.54. The number of ketones is 1. The van der Waals surface area contributed by atoms with Crippen LogP contribution in [0.4, 0.5) is 0 Å². The lowest BCUT2D eigenvalue weighted by Crippen LogP contribution is -2.41. The molecule has 94 valence electrons. The highest BCUT2D eigenvalue weighted by atomic mass is 16.7. The molecule has 1 saturated heterocycles. The van der Waals surface area contributed by atoms with E-state index >= 15 is 0 Å². The van der Waals surface area contributed by atoms with Gasteiger partial charge in [-0.3, -0.25) is 4.79 Å². The Balaban J connectivity index is 2.19. The van der Waals surface area contributed by atoms with Crippen molar-refractivity contribution in [2.75, 3.05) is 0 Å². The van der Waals surface area contributed by atoms with E-state index in [4.69, 9.17) is 9.31 Å². The third-order valence-corrected chi connectivity index (χ3v) is 4.10. The van der Waals surface area contributed by atoms with Crippen LogP contribution in [-0.4, -0.2) is 24.1 Å². The molecule has 2 aliphatic rings. The summed E-state index contributed by atoms with van der Waals surface area (Å²) in [5.41, 5.74) is -0.0364. The first-order valence-corrected chi connectivity index (χ1v) is 6.32. The molecule has 0 spiro atoms. The monoisotopic (exact) mass is 236 g/mol. The van der Waals surface area contributed by atoms with Gasteiger partial charge in [0, 0.05) is 11.9 Å². The maximum atomic E-state index is 12.0. The molecular formula is C13H21BO3. The molecule has 0 radical (unpaired) electrons. The Morgan fingerprint density at radius 1 is 1.24 bits per heavy atom. The van der Waals surface area contributed by atoms with Crippen molar-refractivity contribution < 1.29 is 14.1 Å². The highest BCUT2D eigenvalue weighted by Gasteiger charge is 2.53. The fourth-order valence-corrected chi connectivity index (χ4v) is 2.16. The zero-order valence-electron chi connectivity index (χ0n) is 11.4. The predicted molar refractivity (Wildman–Crippen MR) is 67.6 cm³/mol. The van der Waals surface area contributed by atoms with Crippen LogP contribution < -0.4 is 0 Å². The van der Waals surface area contributed by atoms with Crippen LogP contribution >= 0.6 is 0 Å². The van der Waals surface area contributed by atoms with E-state index in [1.165, 1.54) is 0 Å². The molecule has 4 heteroatoms. The number of carbonyl (C=O) groups excluding carboxylic acids is 1. The van der Waals surface area contributed by atoms with E-state index in [1.807, 2.05) is 33.8 Å². The average molecular weight is 236 g/mol. The van der Waals surface area contributed by atoms with Gasteiger partial charge in [0.25, 0.3) is 0 Å². The van der Waals surface area contributed by atoms with E-state index in [-0.39, 0.29) is 17.0 Å². The summed E-state index contributed by atoms with van der Waals surface area (Å²) in [5, 5.41) is 0. The lowest BCUT2D eigenvalue weighted by molar-refractivity contribution is -0.116. The lowest BCUT2D eigenvalue weighted by atomic mass is 9.70. The fraction of sp³-hybridized carbons (Fsp3) is 0.769. The Bertz CT molecular complexity index is 355. The minimum atomic E-state index is -0.486. The second-order valence-electron chi connectivity index (χ2n) is 6.22. The summed E-state index contributed by atoms with van der Waals surface area (Å²) >= 11 is 0. The normalized spacial score (nSPS) is 31.6. The second kappa shape index (κ2) is 3.96. The Hall–Kier alpha value is -0.605. The molecule has 0 bridgehead atoms. The molecule has 0 aromatic heterocycles. The van der Waals surface area contributed by atoms with Crippen molar-refractivity contribution in [3.63, 3.8) is 0 Å². The summed E-state index contributed by atoms with van der Waals surface area (Å²) in [4.78, 5) is 12.0. The van der Waals surface area contributed by atoms with E-state index in [0.29, 0.717) is 17.8 Å². The quantitative estimate of drug-likeness (QED) is 0.656. The molecule has 1 heterocycles. The molecule has 0 aromatic carbocycles. The third-order valence-electron chi connectivity index (χ3n) is 4.10. The van der Waals surface area contributed by atoms with Crippen LogP contribution in [0.25, 0.3) is 0 Å². The molecule has 0 amide bonds. The van der Waals surface area contributed by atoms with Gasteiger partial charge >= 0.3 is 7.12 Å². The smallest absolute Gasteiger partial charge is 0.399 e. The zero-order valence-corrected chi connectivity index (χ0v) is 11.4. The molecule has 1 fully saturated rings. The molecule has 1 atom stereocenters. The van der Waals surface area contributed by atoms with Crippen molar-refractivity contribution in [2.24, 2.45) is 5.92 Å². The molecule has 0 N–H and O–H groups in total. The summed E-state index contributed by atoms with van der Waals surface area (Å²) < 4.78 is 11.8. The molecule has 2 rings (SSSR count). The largest absolute Gasteiger partial charge is 0.498 e. The SMILES string of the molecule is CC1CC=C(B2OC(C)(C)C(C)(C)O2)C(=O)C1. The molecule has 0 aromatic rings. The van der Waals surface area contributed by atoms with Gasteiger partial charge in [0.1, 0.15) is 0 Å². The summed E-state index contributed by atoms with van der Waals surface area (Å²) in [6, 6.07) is 0. The lowest BCUT2D eigenvalue weighted by Gasteiger charge is -2.32. The van der Waals surface area contributed by atoms with E-state index in [0.717, 1.165) is 6.42 Å². The Labute approximate surface area is 104 Å². The van der Waals surface area contributed by atoms with Crippen LogP contribution in [0.5, 0.6) is 0 Å². The first-order valence-electron chi connectivity index (χ1n) is 6.32. The second-order valence-corrected chi connectivity index (χ2v) is 6.22. The molecular weight excluding hydrogens is 215 g/mol. The van der Waals surface area contributed by atoms with E-state index in [9.17, 15) is 4.79 Å². The Kier molecular flexibility index (Phi) is 2.99. The summed E-state index contributed by atoms with van der Waals surface area (Å²) in [6.45, 7) is 10.1. The van der Waals surface area contributed by atoms with Gasteiger partial charge in [0.2, 0.25) is 0 Å². The molecule has 1 aliphatic heterocycles. The minimum absolute atomic E-state index is 0.169. The van der Waals surface area contributed by atoms with Crippen LogP contribution in [0.1, 0.15) is 47.5 Å². The molecule has 3 nitrogen and oxygen atoms in total. The average Bonchev–Trinajstić information content (AvgIpc) is 2.35. The van der Waals surface area contributed by atoms with Crippen molar-refractivity contribution in [1.29, 1.82) is 0 Å². The first kappa shape index (κ1) is 12.8. The van der Waals surface area contributed by atoms with E-state index < -0.39 is 7.12 Å². The Morgan fingerprint density at radius 2 is 1.76 bits per heavy atom. The maximum Gasteiger partial charge on any atom is 0.498 e. The van der Waals surface area contributed by atoms with Gasteiger partial charge in [0.15, 0.2) is 5.78 Å². The number of hydrogen-bond acceptors (Lipinski definition) is 3. The van der Waals surface area contributed by atoms with Crippen LogP contribution in [0.3, 0.4) is 0 Å². The van der Waals surface area contributed by atoms with Crippen LogP contribution in [-0.2, 0) is 14.1 Å². The first-order chi connectivity index (χ1) is 7.73. The molecule has 1 aliphatic carbocycles. The van der Waals surface area contributed by atoms with Crippen LogP contribution in [0.15, 0.2) is 11.5 Å². The summed E-state index contributed by atoms with van der Waals surface area (Å²) in [7, 11) is -0.486. The number of Topliss-reactive ketones (excluding diaryl/α,β-unsaturated/α-hetero) is 1. The number of hydrogen-bond donors (Lipinski definition) is 0. The van der Waals surface area contributed by atoms with Crippen molar-refractivity contribution >= 4 is 12.9 Å². The van der Waals surface area contributed by atoms with Gasteiger partial charge in [-0.25, -0.2) is 0 Å². The van der Waals surface area contributed by atoms with E-state index in [2.05, 4.69) is 6.92 Å². The zero-order chi connectivity index (χ0) is 12.8. The third kappa shape index (κ3) is 2.20. The van der Waals surface area contributed by atoms with E-state index in [1.54, 1.807) is 0 Å². The highest BCUT2D eigenvalue weighted by Crippen LogP contribution is 2.39. The number of allylic oxidation sites excluding steroid dienone is 2. The molecule has 0 saturated carbocycles. The maximum absolute atomic E-state index is 12.0. The number of carbonyl (C=O) groups is 1. The van der Waals surface area contributed by atoms with Gasteiger partial charge in [0.05, 0.1) is 11.2 Å². The molecule has 1 unspecified atom stereocenters. The summed E-state index contributed by atoms with van der Waals surface area (Å²) in [6.07, 6.45) is 3.53. The minimum Gasteiger partial charge on any atom is -0.399 e. The van der Waals surface area contributed by atoms with Gasteiger partial charge in [-0.15, -0.1) is 0 Å². The highest BCUT2D eigenvalue weighted by molar-refractivity contribution is 6.62. The van der Waals surface area contributed by atoms with Crippen molar-refractivity contribution in [3.8, 4) is 0 Å². The van der Waals surface area contributed by atoms with Crippen molar-refractivity contribution in [2.45, 2.75) is 58.7 Å². The van der Waals surface area contributed by atoms with Gasteiger partial charge in [-0.1, -0.05) is 13.0 Å². The fourth-order valence-electron chi connectivity index (χ4n) is 2.16. The molecule has 17 heavy (non-hydrogen) atoms. The Morgan fingerprint density at radius 3 is 2.24 bits per heavy atom. The summed E-state index contributed by atoms with van der Waals surface area (Å²) in [5.74, 6) is 0.607. The van der Waals surface area contributed by atoms with Crippen LogP contribution in [0.2, 0.25) is 0 Å². The van der Waals surface area contributed by atoms with Crippen molar-refractivity contribution in [3.05, 3.63) is 11.5 Å². The van der Waals surface area contributed by atoms with Gasteiger partial charge in [-0.05, 0) is 40.0 Å². The van der Waals surface area contributed by atoms with Crippen LogP contribution in [0, 0.1) is 5.92 Å². The standard InChI is InChI=1S/C13H21BO3/c1-9-6-7-10(11(15)8-9)14-16-12(2,3)13(4,5)17-14/h7,9H,6,8H2,1-5H3. The van der Waals surface area contributed by atoms with Gasteiger partial charge < -0.3 is 9.31 Å². The van der Waals surface area contributed by atoms with Gasteiger partial charge in [-0.2, -0.15) is 0 Å². The number of rotatable bonds is 1.